The maximum atomic E-state index is 12.2. The van der Waals surface area contributed by atoms with Gasteiger partial charge in [0.25, 0.3) is 0 Å². The zero-order valence-corrected chi connectivity index (χ0v) is 18.1. The first-order valence-corrected chi connectivity index (χ1v) is 12.2. The van der Waals surface area contributed by atoms with Crippen molar-refractivity contribution >= 4 is 38.0 Å². The summed E-state index contributed by atoms with van der Waals surface area (Å²) in [5.41, 5.74) is 8.38. The van der Waals surface area contributed by atoms with Gasteiger partial charge in [0.2, 0.25) is 0 Å². The minimum Gasteiger partial charge on any atom is -0.481 e. The van der Waals surface area contributed by atoms with Crippen LogP contribution in [0.1, 0.15) is 37.4 Å². The van der Waals surface area contributed by atoms with Crippen molar-refractivity contribution in [1.29, 1.82) is 0 Å². The predicted molar refractivity (Wildman–Crippen MR) is 118 cm³/mol. The molecule has 1 aliphatic carbocycles. The lowest BCUT2D eigenvalue weighted by atomic mass is 9.82. The van der Waals surface area contributed by atoms with Gasteiger partial charge in [-0.1, -0.05) is 12.1 Å². The van der Waals surface area contributed by atoms with Crippen LogP contribution in [0.25, 0.3) is 27.8 Å². The van der Waals surface area contributed by atoms with E-state index in [1.165, 1.54) is 12.6 Å². The molecule has 3 heterocycles. The second kappa shape index (κ2) is 7.30. The number of carbonyl (C=O) groups is 1. The molecule has 0 aliphatic heterocycles. The largest absolute Gasteiger partial charge is 0.481 e. The molecule has 0 amide bonds. The summed E-state index contributed by atoms with van der Waals surface area (Å²) in [4.78, 5) is 23.7. The first-order chi connectivity index (χ1) is 15.2. The van der Waals surface area contributed by atoms with Crippen LogP contribution in [0.15, 0.2) is 35.5 Å². The van der Waals surface area contributed by atoms with E-state index in [0.29, 0.717) is 53.9 Å². The van der Waals surface area contributed by atoms with Crippen LogP contribution in [-0.4, -0.2) is 50.3 Å². The average molecular weight is 455 g/mol. The maximum absolute atomic E-state index is 12.2. The third kappa shape index (κ3) is 3.29. The number of nitrogens with two attached hydrogens (primary N) is 1. The van der Waals surface area contributed by atoms with Gasteiger partial charge in [0.05, 0.1) is 22.0 Å². The maximum Gasteiger partial charge on any atom is 0.306 e. The molecule has 1 saturated carbocycles. The summed E-state index contributed by atoms with van der Waals surface area (Å²) in [7, 11) is -3.43. The van der Waals surface area contributed by atoms with Gasteiger partial charge in [-0.3, -0.25) is 4.79 Å². The monoisotopic (exact) mass is 454 g/mol. The van der Waals surface area contributed by atoms with E-state index in [9.17, 15) is 18.3 Å². The lowest BCUT2D eigenvalue weighted by Gasteiger charge is -2.24. The highest BCUT2D eigenvalue weighted by Crippen LogP contribution is 2.38. The lowest BCUT2D eigenvalue weighted by Crippen LogP contribution is -2.21. The van der Waals surface area contributed by atoms with Gasteiger partial charge >= 0.3 is 5.97 Å². The van der Waals surface area contributed by atoms with Gasteiger partial charge in [-0.25, -0.2) is 22.9 Å². The van der Waals surface area contributed by atoms with Crippen molar-refractivity contribution in [3.63, 3.8) is 0 Å². The zero-order chi connectivity index (χ0) is 22.6. The van der Waals surface area contributed by atoms with Crippen LogP contribution in [0.3, 0.4) is 0 Å². The van der Waals surface area contributed by atoms with Crippen LogP contribution in [0.4, 0.5) is 5.82 Å². The minimum absolute atomic E-state index is 0.0390. The predicted octanol–water partition coefficient (Wildman–Crippen LogP) is 2.62. The van der Waals surface area contributed by atoms with Crippen molar-refractivity contribution in [2.75, 3.05) is 12.0 Å². The van der Waals surface area contributed by atoms with Gasteiger partial charge in [-0.15, -0.1) is 0 Å². The van der Waals surface area contributed by atoms with Crippen LogP contribution in [0, 0.1) is 5.92 Å². The second-order valence-electron chi connectivity index (χ2n) is 8.29. The molecular formula is C21H22N6O4S. The third-order valence-corrected chi connectivity index (χ3v) is 7.34. The fraction of sp³-hybridized carbons (Fsp3) is 0.333. The summed E-state index contributed by atoms with van der Waals surface area (Å²) < 4.78 is 26.1. The molecule has 0 spiro atoms. The Morgan fingerprint density at radius 3 is 2.69 bits per heavy atom. The van der Waals surface area contributed by atoms with Crippen molar-refractivity contribution < 1.29 is 18.3 Å². The number of nitrogens with zero attached hydrogens (tertiary/aromatic N) is 4. The highest BCUT2D eigenvalue weighted by Gasteiger charge is 2.31. The highest BCUT2D eigenvalue weighted by molar-refractivity contribution is 7.91. The van der Waals surface area contributed by atoms with Crippen LogP contribution >= 0.6 is 0 Å². The Kier molecular flexibility index (Phi) is 4.66. The summed E-state index contributed by atoms with van der Waals surface area (Å²) in [6, 6.07) is 6.93. The molecule has 0 atom stereocenters. The molecular weight excluding hydrogens is 432 g/mol. The van der Waals surface area contributed by atoms with Crippen LogP contribution in [0.2, 0.25) is 0 Å². The number of imidazole rings is 1. The normalized spacial score (nSPS) is 19.5. The molecule has 4 N–H and O–H groups in total. The van der Waals surface area contributed by atoms with Gasteiger partial charge in [0.15, 0.2) is 15.7 Å². The average Bonchev–Trinajstić information content (AvgIpc) is 3.35. The molecule has 10 nitrogen and oxygen atoms in total. The van der Waals surface area contributed by atoms with E-state index in [-0.39, 0.29) is 22.5 Å². The fourth-order valence-corrected chi connectivity index (χ4v) is 5.46. The Bertz CT molecular complexity index is 1460. The number of para-hydroxylation sites is 1. The molecule has 1 aromatic carbocycles. The van der Waals surface area contributed by atoms with Gasteiger partial charge in [-0.05, 0) is 37.8 Å². The lowest BCUT2D eigenvalue weighted by molar-refractivity contribution is -0.142. The molecule has 5 rings (SSSR count). The number of aromatic nitrogens is 5. The summed E-state index contributed by atoms with van der Waals surface area (Å²) in [5, 5.41) is 14.4. The summed E-state index contributed by atoms with van der Waals surface area (Å²) in [5.74, 6) is -0.0924. The van der Waals surface area contributed by atoms with Crippen molar-refractivity contribution in [3.8, 4) is 11.4 Å². The minimum atomic E-state index is -3.43. The van der Waals surface area contributed by atoms with E-state index in [0.717, 1.165) is 5.39 Å². The number of hydrogen-bond acceptors (Lipinski definition) is 7. The third-order valence-electron chi connectivity index (χ3n) is 6.20. The number of aromatic amines is 1. The number of carboxylic acid groups (broad SMARTS) is 1. The molecule has 1 aliphatic rings. The van der Waals surface area contributed by atoms with Crippen molar-refractivity contribution in [1.82, 2.24) is 24.6 Å². The summed E-state index contributed by atoms with van der Waals surface area (Å²) in [6.07, 6.45) is 5.07. The van der Waals surface area contributed by atoms with Crippen molar-refractivity contribution in [3.05, 3.63) is 36.4 Å². The number of anilines is 1. The molecule has 3 aromatic heterocycles. The Labute approximate surface area is 183 Å². The number of fused-ring (bicyclic) bond motifs is 2. The van der Waals surface area contributed by atoms with E-state index < -0.39 is 15.8 Å². The van der Waals surface area contributed by atoms with E-state index in [1.807, 2.05) is 12.1 Å². The topological polar surface area (TPSA) is 156 Å². The Morgan fingerprint density at radius 2 is 2.00 bits per heavy atom. The number of nitrogen functional groups attached to an aromatic ring is 1. The van der Waals surface area contributed by atoms with Crippen LogP contribution in [0.5, 0.6) is 0 Å². The number of nitrogens with one attached hydrogen (secondary N) is 1. The number of H-pyrrole nitrogens is 1. The number of carboxylic acids is 1. The molecule has 4 aromatic rings. The van der Waals surface area contributed by atoms with E-state index in [2.05, 4.69) is 15.1 Å². The molecule has 32 heavy (non-hydrogen) atoms. The molecule has 0 saturated heterocycles. The first-order valence-electron chi connectivity index (χ1n) is 10.3. The molecule has 1 fully saturated rings. The van der Waals surface area contributed by atoms with Crippen LogP contribution < -0.4 is 5.73 Å². The quantitative estimate of drug-likeness (QED) is 0.425. The zero-order valence-electron chi connectivity index (χ0n) is 17.3. The highest BCUT2D eigenvalue weighted by atomic mass is 32.2. The molecule has 166 valence electrons. The fourth-order valence-electron chi connectivity index (χ4n) is 4.59. The van der Waals surface area contributed by atoms with Crippen molar-refractivity contribution in [2.24, 2.45) is 5.92 Å². The number of rotatable bonds is 4. The molecule has 11 heteroatoms. The smallest absolute Gasteiger partial charge is 0.306 e. The SMILES string of the molecule is CS(=O)(=O)c1cccc2cc(-c3nc([C@H]4CC[C@H](C(=O)O)CC4)n4ncnc(N)c34)[nH]c12. The summed E-state index contributed by atoms with van der Waals surface area (Å²) in [6.45, 7) is 0. The van der Waals surface area contributed by atoms with Gasteiger partial charge in [0, 0.05) is 17.6 Å². The standard InChI is InChI=1S/C21H22N6O4S/c1-32(30,31)15-4-2-3-13-9-14(25-16(13)15)17-18-19(22)23-10-24-27(18)20(26-17)11-5-7-12(8-6-11)21(28)29/h2-4,9-12,25H,5-8H2,1H3,(H,28,29)(H2,22,23,24)/t11-,12-. The van der Waals surface area contributed by atoms with Crippen LogP contribution in [-0.2, 0) is 14.6 Å². The Hall–Kier alpha value is -3.47. The molecule has 0 radical (unpaired) electrons. The van der Waals surface area contributed by atoms with Gasteiger partial charge in [0.1, 0.15) is 23.4 Å². The number of sulfone groups is 1. The number of aliphatic carboxylic acids is 1. The van der Waals surface area contributed by atoms with E-state index in [4.69, 9.17) is 10.7 Å². The second-order valence-corrected chi connectivity index (χ2v) is 10.3. The molecule has 0 unspecified atom stereocenters. The molecule has 0 bridgehead atoms. The van der Waals surface area contributed by atoms with E-state index in [1.54, 1.807) is 16.6 Å². The van der Waals surface area contributed by atoms with E-state index >= 15 is 0 Å². The Morgan fingerprint density at radius 1 is 1.25 bits per heavy atom. The number of hydrogen-bond donors (Lipinski definition) is 3. The van der Waals surface area contributed by atoms with Gasteiger partial charge < -0.3 is 15.8 Å². The first kappa shape index (κ1) is 20.4. The van der Waals surface area contributed by atoms with Crippen molar-refractivity contribution in [2.45, 2.75) is 36.5 Å². The van der Waals surface area contributed by atoms with Gasteiger partial charge in [-0.2, -0.15) is 5.10 Å². The summed E-state index contributed by atoms with van der Waals surface area (Å²) >= 11 is 0. The number of benzene rings is 1. The Balaban J connectivity index is 1.65.